The molecule has 2 unspecified atom stereocenters. The molecule has 1 aliphatic heterocycles. The number of aromatic nitrogens is 3. The molecule has 1 aliphatic carbocycles. The third kappa shape index (κ3) is 2.57. The molecule has 3 rings (SSSR count). The maximum atomic E-state index is 12.5. The van der Waals surface area contributed by atoms with Gasteiger partial charge < -0.3 is 4.74 Å². The number of nitrogens with zero attached hydrogens (tertiary/aromatic N) is 3. The van der Waals surface area contributed by atoms with Crippen LogP contribution in [0.15, 0.2) is 0 Å². The summed E-state index contributed by atoms with van der Waals surface area (Å²) < 4.78 is 7.73. The summed E-state index contributed by atoms with van der Waals surface area (Å²) in [6.07, 6.45) is 5.02. The molecule has 6 heteroatoms. The second-order valence-electron chi connectivity index (χ2n) is 5.73. The molecule has 1 N–H and O–H groups in total. The Morgan fingerprint density at radius 1 is 1.40 bits per heavy atom. The highest BCUT2D eigenvalue weighted by Crippen LogP contribution is 2.38. The van der Waals surface area contributed by atoms with E-state index < -0.39 is 0 Å². The molecule has 6 nitrogen and oxygen atoms in total. The zero-order chi connectivity index (χ0) is 14.1. The van der Waals surface area contributed by atoms with Gasteiger partial charge in [-0.15, -0.1) is 10.2 Å². The molecule has 1 saturated heterocycles. The number of amides is 1. The zero-order valence-corrected chi connectivity index (χ0v) is 12.1. The number of rotatable bonds is 4. The Bertz CT molecular complexity index is 495. The maximum Gasteiger partial charge on any atom is 0.232 e. The van der Waals surface area contributed by atoms with Crippen molar-refractivity contribution >= 4 is 11.9 Å². The first-order valence-corrected chi connectivity index (χ1v) is 7.54. The second-order valence-corrected chi connectivity index (χ2v) is 5.73. The number of hydrogen-bond acceptors (Lipinski definition) is 4. The average molecular weight is 278 g/mol. The summed E-state index contributed by atoms with van der Waals surface area (Å²) in [4.78, 5) is 12.5. The van der Waals surface area contributed by atoms with Crippen LogP contribution in [0.3, 0.4) is 0 Å². The number of nitrogens with one attached hydrogen (secondary N) is 1. The fourth-order valence-electron chi connectivity index (χ4n) is 2.97. The molecule has 2 heterocycles. The lowest BCUT2D eigenvalue weighted by Crippen LogP contribution is -2.38. The van der Waals surface area contributed by atoms with Gasteiger partial charge in [0.2, 0.25) is 11.9 Å². The lowest BCUT2D eigenvalue weighted by molar-refractivity contribution is -0.129. The minimum atomic E-state index is -0.0709. The van der Waals surface area contributed by atoms with Gasteiger partial charge in [0.05, 0.1) is 12.0 Å². The van der Waals surface area contributed by atoms with Crippen LogP contribution in [0.1, 0.15) is 50.9 Å². The van der Waals surface area contributed by atoms with E-state index in [1.807, 2.05) is 11.5 Å². The van der Waals surface area contributed by atoms with Gasteiger partial charge in [-0.3, -0.25) is 14.7 Å². The maximum absolute atomic E-state index is 12.5. The van der Waals surface area contributed by atoms with Gasteiger partial charge in [-0.05, 0) is 39.0 Å². The number of anilines is 1. The molecule has 20 heavy (non-hydrogen) atoms. The lowest BCUT2D eigenvalue weighted by atomic mass is 9.92. The molecule has 0 aromatic carbocycles. The van der Waals surface area contributed by atoms with Gasteiger partial charge in [-0.2, -0.15) is 0 Å². The van der Waals surface area contributed by atoms with Crippen LogP contribution in [-0.4, -0.2) is 33.4 Å². The van der Waals surface area contributed by atoms with E-state index in [2.05, 4.69) is 22.4 Å². The van der Waals surface area contributed by atoms with Crippen molar-refractivity contribution in [3.05, 3.63) is 5.82 Å². The van der Waals surface area contributed by atoms with Gasteiger partial charge in [-0.25, -0.2) is 0 Å². The first-order chi connectivity index (χ1) is 9.70. The molecule has 0 bridgehead atoms. The van der Waals surface area contributed by atoms with Crippen molar-refractivity contribution in [2.24, 2.45) is 5.92 Å². The minimum absolute atomic E-state index is 0.0193. The van der Waals surface area contributed by atoms with Gasteiger partial charge in [0.15, 0.2) is 0 Å². The van der Waals surface area contributed by atoms with Crippen molar-refractivity contribution in [3.63, 3.8) is 0 Å². The van der Waals surface area contributed by atoms with Crippen LogP contribution in [0.5, 0.6) is 0 Å². The summed E-state index contributed by atoms with van der Waals surface area (Å²) in [7, 11) is 0. The highest BCUT2D eigenvalue weighted by atomic mass is 16.5. The summed E-state index contributed by atoms with van der Waals surface area (Å²) in [5.74, 6) is 1.41. The molecule has 1 saturated carbocycles. The van der Waals surface area contributed by atoms with Crippen molar-refractivity contribution < 1.29 is 9.53 Å². The van der Waals surface area contributed by atoms with E-state index in [1.165, 1.54) is 0 Å². The third-order valence-corrected chi connectivity index (χ3v) is 4.19. The molecule has 2 aliphatic rings. The largest absolute Gasteiger partial charge is 0.377 e. The van der Waals surface area contributed by atoms with E-state index in [0.717, 1.165) is 44.5 Å². The monoisotopic (exact) mass is 278 g/mol. The Labute approximate surface area is 118 Å². The summed E-state index contributed by atoms with van der Waals surface area (Å²) >= 11 is 0. The molecular weight excluding hydrogens is 256 g/mol. The Morgan fingerprint density at radius 3 is 2.90 bits per heavy atom. The highest BCUT2D eigenvalue weighted by molar-refractivity contribution is 5.91. The summed E-state index contributed by atoms with van der Waals surface area (Å²) in [5.41, 5.74) is 0. The highest BCUT2D eigenvalue weighted by Gasteiger charge is 2.33. The Hall–Kier alpha value is -1.43. The van der Waals surface area contributed by atoms with E-state index in [-0.39, 0.29) is 17.9 Å². The summed E-state index contributed by atoms with van der Waals surface area (Å²) in [6.45, 7) is 4.76. The van der Waals surface area contributed by atoms with Crippen molar-refractivity contribution in [1.82, 2.24) is 14.8 Å². The predicted molar refractivity (Wildman–Crippen MR) is 74.4 cm³/mol. The van der Waals surface area contributed by atoms with Crippen molar-refractivity contribution in [2.45, 2.75) is 58.1 Å². The topological polar surface area (TPSA) is 69.0 Å². The van der Waals surface area contributed by atoms with Gasteiger partial charge in [0, 0.05) is 12.6 Å². The fraction of sp³-hybridized carbons (Fsp3) is 0.786. The van der Waals surface area contributed by atoms with Gasteiger partial charge in [0.25, 0.3) is 0 Å². The van der Waals surface area contributed by atoms with Gasteiger partial charge in [0.1, 0.15) is 5.82 Å². The quantitative estimate of drug-likeness (QED) is 0.915. The van der Waals surface area contributed by atoms with E-state index >= 15 is 0 Å². The Kier molecular flexibility index (Phi) is 3.74. The molecule has 0 spiro atoms. The lowest BCUT2D eigenvalue weighted by Gasteiger charge is -2.29. The summed E-state index contributed by atoms with van der Waals surface area (Å²) in [6, 6.07) is 0.463. The van der Waals surface area contributed by atoms with E-state index in [4.69, 9.17) is 4.74 Å². The van der Waals surface area contributed by atoms with Crippen LogP contribution in [0.4, 0.5) is 5.95 Å². The Balaban J connectivity index is 1.72. The average Bonchev–Trinajstić information content (AvgIpc) is 3.23. The fourth-order valence-corrected chi connectivity index (χ4v) is 2.97. The first kappa shape index (κ1) is 13.5. The smallest absolute Gasteiger partial charge is 0.232 e. The summed E-state index contributed by atoms with van der Waals surface area (Å²) in [5, 5.41) is 11.1. The third-order valence-electron chi connectivity index (χ3n) is 4.19. The van der Waals surface area contributed by atoms with Crippen LogP contribution in [-0.2, 0) is 9.53 Å². The number of aryl methyl sites for hydroxylation is 1. The van der Waals surface area contributed by atoms with E-state index in [0.29, 0.717) is 12.0 Å². The van der Waals surface area contributed by atoms with Crippen molar-refractivity contribution in [3.8, 4) is 0 Å². The molecule has 2 fully saturated rings. The normalized spacial score (nSPS) is 26.5. The van der Waals surface area contributed by atoms with Gasteiger partial charge in [-0.1, -0.05) is 6.92 Å². The first-order valence-electron chi connectivity index (χ1n) is 7.54. The predicted octanol–water partition coefficient (Wildman–Crippen LogP) is 2.07. The van der Waals surface area contributed by atoms with Crippen LogP contribution < -0.4 is 5.32 Å². The second kappa shape index (κ2) is 5.52. The van der Waals surface area contributed by atoms with Crippen LogP contribution in [0.2, 0.25) is 0 Å². The number of carbonyl (C=O) groups is 1. The standard InChI is InChI=1S/C14H22N4O2/c1-3-12-11(5-4-8-20-12)13(19)15-14-17-16-9(2)18(14)10-6-7-10/h10-12H,3-8H2,1-2H3,(H,15,17,19). The SMILES string of the molecule is CCC1OCCCC1C(=O)Nc1nnc(C)n1C1CC1. The Morgan fingerprint density at radius 2 is 2.20 bits per heavy atom. The molecule has 1 aromatic heterocycles. The van der Waals surface area contributed by atoms with E-state index in [1.54, 1.807) is 0 Å². The van der Waals surface area contributed by atoms with Crippen LogP contribution >= 0.6 is 0 Å². The van der Waals surface area contributed by atoms with E-state index in [9.17, 15) is 4.79 Å². The molecule has 1 amide bonds. The molecular formula is C14H22N4O2. The number of carbonyl (C=O) groups excluding carboxylic acids is 1. The van der Waals surface area contributed by atoms with Gasteiger partial charge >= 0.3 is 0 Å². The molecule has 2 atom stereocenters. The molecule has 1 aromatic rings. The van der Waals surface area contributed by atoms with Crippen LogP contribution in [0, 0.1) is 12.8 Å². The number of hydrogen-bond donors (Lipinski definition) is 1. The van der Waals surface area contributed by atoms with Crippen molar-refractivity contribution in [1.29, 1.82) is 0 Å². The van der Waals surface area contributed by atoms with Crippen LogP contribution in [0.25, 0.3) is 0 Å². The minimum Gasteiger partial charge on any atom is -0.377 e. The molecule has 110 valence electrons. The number of ether oxygens (including phenoxy) is 1. The van der Waals surface area contributed by atoms with Crippen molar-refractivity contribution in [2.75, 3.05) is 11.9 Å². The molecule has 0 radical (unpaired) electrons. The zero-order valence-electron chi connectivity index (χ0n) is 12.1.